The molecule has 1 aromatic rings. The van der Waals surface area contributed by atoms with Gasteiger partial charge in [0.2, 0.25) is 0 Å². The van der Waals surface area contributed by atoms with E-state index < -0.39 is 18.2 Å². The molecule has 6 heteroatoms. The molecule has 0 saturated carbocycles. The topological polar surface area (TPSA) is 65.0 Å². The Morgan fingerprint density at radius 3 is 2.17 bits per heavy atom. The summed E-state index contributed by atoms with van der Waals surface area (Å²) in [6, 6.07) is 6.50. The average molecular weight is 264 g/mol. The zero-order valence-electron chi connectivity index (χ0n) is 10.0. The maximum atomic E-state index is 11.7. The second-order valence-corrected chi connectivity index (χ2v) is 3.40. The number of hydrogen-bond acceptors (Lipinski definition) is 5. The monoisotopic (exact) mass is 264 g/mol. The number of esters is 1. The molecule has 0 heterocycles. The Balaban J connectivity index is 0.00000289. The van der Waals surface area contributed by atoms with E-state index in [1.165, 1.54) is 27.4 Å². The number of phenolic OH excluding ortho intramolecular Hbond substituents is 1. The van der Waals surface area contributed by atoms with Gasteiger partial charge >= 0.3 is 35.5 Å². The normalized spacial score (nSPS) is 11.8. The summed E-state index contributed by atoms with van der Waals surface area (Å²) in [6.45, 7) is 0. The van der Waals surface area contributed by atoms with Gasteiger partial charge < -0.3 is 19.3 Å². The second-order valence-electron chi connectivity index (χ2n) is 3.40. The van der Waals surface area contributed by atoms with Crippen LogP contribution < -0.4 is 0 Å². The van der Waals surface area contributed by atoms with Crippen LogP contribution in [-0.4, -0.2) is 68.3 Å². The van der Waals surface area contributed by atoms with Crippen LogP contribution in [0.4, 0.5) is 0 Å². The molecule has 0 bridgehead atoms. The first-order valence-electron chi connectivity index (χ1n) is 5.07. The molecule has 18 heavy (non-hydrogen) atoms. The minimum atomic E-state index is -0.823. The number of phenols is 1. The van der Waals surface area contributed by atoms with Crippen LogP contribution in [0.5, 0.6) is 5.75 Å². The molecule has 1 rings (SSSR count). The van der Waals surface area contributed by atoms with Crippen LogP contribution >= 0.6 is 0 Å². The van der Waals surface area contributed by atoms with Crippen molar-refractivity contribution in [2.75, 3.05) is 21.3 Å². The fourth-order valence-corrected chi connectivity index (χ4v) is 1.63. The third-order valence-electron chi connectivity index (χ3n) is 2.46. The quantitative estimate of drug-likeness (QED) is 0.480. The summed E-state index contributed by atoms with van der Waals surface area (Å²) in [6.07, 6.45) is -0.809. The molecule has 1 unspecified atom stereocenters. The summed E-state index contributed by atoms with van der Waals surface area (Å²) in [7, 11) is 4.12. The van der Waals surface area contributed by atoms with Gasteiger partial charge in [0, 0.05) is 19.8 Å². The van der Waals surface area contributed by atoms with Crippen molar-refractivity contribution in [2.24, 2.45) is 0 Å². The molecule has 0 fully saturated rings. The van der Waals surface area contributed by atoms with E-state index in [1.54, 1.807) is 18.2 Å². The summed E-state index contributed by atoms with van der Waals surface area (Å²) in [5.74, 6) is -1.35. The van der Waals surface area contributed by atoms with Gasteiger partial charge in [-0.2, -0.15) is 0 Å². The summed E-state index contributed by atoms with van der Waals surface area (Å²) in [5, 5.41) is 9.75. The molecular weight excluding hydrogens is 247 g/mol. The number of ether oxygens (including phenoxy) is 3. The summed E-state index contributed by atoms with van der Waals surface area (Å²) in [4.78, 5) is 11.7. The van der Waals surface area contributed by atoms with Crippen molar-refractivity contribution in [3.05, 3.63) is 29.8 Å². The van der Waals surface area contributed by atoms with Crippen molar-refractivity contribution in [2.45, 2.75) is 12.2 Å². The number of carbonyl (C=O) groups excluding carboxylic acids is 1. The molecule has 0 spiro atoms. The molecule has 5 nitrogen and oxygen atoms in total. The van der Waals surface area contributed by atoms with Gasteiger partial charge in [0.25, 0.3) is 0 Å². The van der Waals surface area contributed by atoms with Crippen molar-refractivity contribution in [1.82, 2.24) is 0 Å². The van der Waals surface area contributed by atoms with Crippen LogP contribution in [0.1, 0.15) is 11.5 Å². The zero-order chi connectivity index (χ0) is 12.8. The summed E-state index contributed by atoms with van der Waals surface area (Å²) in [5.41, 5.74) is 0.410. The van der Waals surface area contributed by atoms with E-state index in [4.69, 9.17) is 14.2 Å². The van der Waals surface area contributed by atoms with Crippen LogP contribution in [0, 0.1) is 0 Å². The molecule has 0 aliphatic rings. The Morgan fingerprint density at radius 1 is 1.17 bits per heavy atom. The molecule has 0 aliphatic heterocycles. The van der Waals surface area contributed by atoms with Crippen LogP contribution in [0.2, 0.25) is 0 Å². The molecule has 96 valence electrons. The van der Waals surface area contributed by atoms with E-state index in [2.05, 4.69) is 0 Å². The number of benzene rings is 1. The minimum absolute atomic E-state index is 0. The number of hydrogen-bond donors (Lipinski definition) is 1. The SMILES string of the molecule is COC(=O)C(c1ccccc1O)C(OC)OC.[NaH]. The van der Waals surface area contributed by atoms with Crippen molar-refractivity contribution in [3.63, 3.8) is 0 Å². The van der Waals surface area contributed by atoms with Crippen LogP contribution in [0.3, 0.4) is 0 Å². The zero-order valence-corrected chi connectivity index (χ0v) is 10.0. The van der Waals surface area contributed by atoms with Crippen molar-refractivity contribution >= 4 is 35.5 Å². The summed E-state index contributed by atoms with van der Waals surface area (Å²) >= 11 is 0. The van der Waals surface area contributed by atoms with Crippen LogP contribution in [-0.2, 0) is 19.0 Å². The maximum absolute atomic E-state index is 11.7. The summed E-state index contributed by atoms with van der Waals surface area (Å²) < 4.78 is 14.8. The van der Waals surface area contributed by atoms with Crippen molar-refractivity contribution in [3.8, 4) is 5.75 Å². The van der Waals surface area contributed by atoms with E-state index in [1.807, 2.05) is 0 Å². The van der Waals surface area contributed by atoms with Gasteiger partial charge in [-0.25, -0.2) is 0 Å². The van der Waals surface area contributed by atoms with Gasteiger partial charge in [0.1, 0.15) is 11.7 Å². The molecule has 0 radical (unpaired) electrons. The molecule has 0 aliphatic carbocycles. The van der Waals surface area contributed by atoms with Crippen LogP contribution in [0.15, 0.2) is 24.3 Å². The molecule has 0 saturated heterocycles. The third-order valence-corrected chi connectivity index (χ3v) is 2.46. The average Bonchev–Trinajstić information content (AvgIpc) is 2.36. The third kappa shape index (κ3) is 3.96. The van der Waals surface area contributed by atoms with Gasteiger partial charge in [-0.3, -0.25) is 4.79 Å². The first-order valence-corrected chi connectivity index (χ1v) is 5.07. The number of aromatic hydroxyl groups is 1. The predicted molar refractivity (Wildman–Crippen MR) is 67.8 cm³/mol. The van der Waals surface area contributed by atoms with Gasteiger partial charge in [-0.15, -0.1) is 0 Å². The van der Waals surface area contributed by atoms with E-state index >= 15 is 0 Å². The van der Waals surface area contributed by atoms with E-state index in [0.29, 0.717) is 5.56 Å². The Kier molecular flexibility index (Phi) is 8.22. The van der Waals surface area contributed by atoms with E-state index in [9.17, 15) is 9.90 Å². The second kappa shape index (κ2) is 8.50. The molecule has 0 aromatic heterocycles. The Hall–Kier alpha value is -0.590. The molecular formula is C12H17NaO5. The molecule has 0 amide bonds. The van der Waals surface area contributed by atoms with Gasteiger partial charge in [0.05, 0.1) is 7.11 Å². The number of methoxy groups -OCH3 is 3. The number of rotatable bonds is 5. The van der Waals surface area contributed by atoms with Gasteiger partial charge in [0.15, 0.2) is 6.29 Å². The van der Waals surface area contributed by atoms with Crippen molar-refractivity contribution < 1.29 is 24.1 Å². The Bertz CT molecular complexity index is 378. The first-order chi connectivity index (χ1) is 8.15. The molecule has 1 N–H and O–H groups in total. The Labute approximate surface area is 128 Å². The van der Waals surface area contributed by atoms with Crippen LogP contribution in [0.25, 0.3) is 0 Å². The van der Waals surface area contributed by atoms with E-state index in [-0.39, 0.29) is 35.3 Å². The molecule has 1 aromatic carbocycles. The Morgan fingerprint density at radius 2 is 1.72 bits per heavy atom. The fourth-order valence-electron chi connectivity index (χ4n) is 1.63. The standard InChI is InChI=1S/C12H16O5.Na.H/c1-15-11(14)10(12(16-2)17-3)8-6-4-5-7-9(8)13;;/h4-7,10,12-13H,1-3H3;;. The first kappa shape index (κ1) is 17.4. The fraction of sp³-hybridized carbons (Fsp3) is 0.417. The van der Waals surface area contributed by atoms with Crippen molar-refractivity contribution in [1.29, 1.82) is 0 Å². The van der Waals surface area contributed by atoms with E-state index in [0.717, 1.165) is 0 Å². The van der Waals surface area contributed by atoms with Gasteiger partial charge in [-0.05, 0) is 6.07 Å². The number of carbonyl (C=O) groups is 1. The predicted octanol–water partition coefficient (Wildman–Crippen LogP) is 0.619. The van der Waals surface area contributed by atoms with Gasteiger partial charge in [-0.1, -0.05) is 18.2 Å². The number of para-hydroxylation sites is 1. The molecule has 1 atom stereocenters.